The predicted molar refractivity (Wildman–Crippen MR) is 51.5 cm³/mol. The number of nitrogens with zero attached hydrogens (tertiary/aromatic N) is 1. The Bertz CT molecular complexity index is 548. The van der Waals surface area contributed by atoms with E-state index in [-0.39, 0.29) is 0 Å². The molecule has 1 aromatic heterocycles. The molecule has 0 radical (unpaired) electrons. The van der Waals surface area contributed by atoms with Gasteiger partial charge in [0.25, 0.3) is 0 Å². The number of rotatable bonds is 0. The molecule has 2 aromatic rings. The molecule has 1 heterocycles. The largest absolute Gasteiger partial charge is 0.416 e. The van der Waals surface area contributed by atoms with Crippen LogP contribution in [0.25, 0.3) is 10.1 Å². The highest BCUT2D eigenvalue weighted by atomic mass is 32.1. The van der Waals surface area contributed by atoms with Crippen LogP contribution in [-0.2, 0) is 6.18 Å². The van der Waals surface area contributed by atoms with Crippen LogP contribution in [-0.4, -0.2) is 0 Å². The van der Waals surface area contributed by atoms with E-state index in [0.717, 1.165) is 12.1 Å². The quantitative estimate of drug-likeness (QED) is 0.671. The Morgan fingerprint density at radius 1 is 1.27 bits per heavy atom. The second-order valence-corrected chi connectivity index (χ2v) is 3.88. The van der Waals surface area contributed by atoms with E-state index in [2.05, 4.69) is 0 Å². The second kappa shape index (κ2) is 3.24. The van der Waals surface area contributed by atoms with Crippen LogP contribution in [0.2, 0.25) is 0 Å². The third-order valence-electron chi connectivity index (χ3n) is 2.02. The zero-order chi connectivity index (χ0) is 11.1. The number of hydrogen-bond acceptors (Lipinski definition) is 2. The molecule has 0 fully saturated rings. The number of fused-ring (bicyclic) bond motifs is 1. The van der Waals surface area contributed by atoms with Crippen LogP contribution in [0.3, 0.4) is 0 Å². The summed E-state index contributed by atoms with van der Waals surface area (Å²) in [6, 6.07) is 5.31. The first-order chi connectivity index (χ1) is 7.02. The van der Waals surface area contributed by atoms with Gasteiger partial charge in [-0.25, -0.2) is 0 Å². The van der Waals surface area contributed by atoms with Gasteiger partial charge in [-0.05, 0) is 18.2 Å². The van der Waals surface area contributed by atoms with Crippen molar-refractivity contribution in [2.24, 2.45) is 0 Å². The first-order valence-electron chi connectivity index (χ1n) is 4.01. The summed E-state index contributed by atoms with van der Waals surface area (Å²) >= 11 is 1.27. The maximum atomic E-state index is 12.4. The summed E-state index contributed by atoms with van der Waals surface area (Å²) in [7, 11) is 0. The summed E-state index contributed by atoms with van der Waals surface area (Å²) in [5.74, 6) is 0. The van der Waals surface area contributed by atoms with Gasteiger partial charge in [0.05, 0.1) is 11.1 Å². The molecule has 76 valence electrons. The van der Waals surface area contributed by atoms with E-state index < -0.39 is 11.7 Å². The number of nitriles is 1. The summed E-state index contributed by atoms with van der Waals surface area (Å²) in [4.78, 5) is 0. The highest BCUT2D eigenvalue weighted by Gasteiger charge is 2.30. The lowest BCUT2D eigenvalue weighted by molar-refractivity contribution is -0.137. The van der Waals surface area contributed by atoms with Gasteiger partial charge in [0.2, 0.25) is 0 Å². The number of hydrogen-bond donors (Lipinski definition) is 0. The van der Waals surface area contributed by atoms with Gasteiger partial charge in [0, 0.05) is 15.5 Å². The van der Waals surface area contributed by atoms with Crippen molar-refractivity contribution >= 4 is 21.4 Å². The van der Waals surface area contributed by atoms with E-state index in [0.29, 0.717) is 15.6 Å². The van der Waals surface area contributed by atoms with Gasteiger partial charge in [-0.3, -0.25) is 0 Å². The molecule has 0 unspecified atom stereocenters. The lowest BCUT2D eigenvalue weighted by atomic mass is 10.1. The average Bonchev–Trinajstić information content (AvgIpc) is 2.57. The smallest absolute Gasteiger partial charge is 0.192 e. The van der Waals surface area contributed by atoms with Gasteiger partial charge in [0.15, 0.2) is 0 Å². The van der Waals surface area contributed by atoms with E-state index in [1.54, 1.807) is 5.38 Å². The first-order valence-corrected chi connectivity index (χ1v) is 4.89. The van der Waals surface area contributed by atoms with Crippen LogP contribution in [0.1, 0.15) is 11.1 Å². The molecule has 0 saturated carbocycles. The van der Waals surface area contributed by atoms with Crippen molar-refractivity contribution in [2.75, 3.05) is 0 Å². The molecule has 0 aliphatic heterocycles. The van der Waals surface area contributed by atoms with Gasteiger partial charge in [-0.2, -0.15) is 18.4 Å². The van der Waals surface area contributed by atoms with E-state index in [1.807, 2.05) is 6.07 Å². The molecule has 0 N–H and O–H groups in total. The standard InChI is InChI=1S/C10H4F3NS/c11-10(12,13)7-1-2-9-8(3-7)6(4-14)5-15-9/h1-3,5H. The molecule has 0 aliphatic rings. The van der Waals surface area contributed by atoms with E-state index in [9.17, 15) is 13.2 Å². The van der Waals surface area contributed by atoms with Crippen molar-refractivity contribution in [3.05, 3.63) is 34.7 Å². The van der Waals surface area contributed by atoms with E-state index in [4.69, 9.17) is 5.26 Å². The summed E-state index contributed by atoms with van der Waals surface area (Å²) in [6.45, 7) is 0. The van der Waals surface area contributed by atoms with E-state index in [1.165, 1.54) is 17.4 Å². The molecular formula is C10H4F3NS. The van der Waals surface area contributed by atoms with Crippen LogP contribution >= 0.6 is 11.3 Å². The third-order valence-corrected chi connectivity index (χ3v) is 2.98. The SMILES string of the molecule is N#Cc1csc2ccc(C(F)(F)F)cc12. The molecule has 5 heteroatoms. The van der Waals surface area contributed by atoms with Crippen LogP contribution < -0.4 is 0 Å². The minimum Gasteiger partial charge on any atom is -0.192 e. The van der Waals surface area contributed by atoms with Crippen LogP contribution in [0.15, 0.2) is 23.6 Å². The monoisotopic (exact) mass is 227 g/mol. The van der Waals surface area contributed by atoms with Crippen molar-refractivity contribution < 1.29 is 13.2 Å². The zero-order valence-corrected chi connectivity index (χ0v) is 8.12. The molecule has 1 aromatic carbocycles. The first kappa shape index (κ1) is 9.99. The lowest BCUT2D eigenvalue weighted by Crippen LogP contribution is -2.03. The number of thiophene rings is 1. The molecule has 2 rings (SSSR count). The number of halogens is 3. The summed E-state index contributed by atoms with van der Waals surface area (Å²) in [5, 5.41) is 10.6. The van der Waals surface area contributed by atoms with Crippen LogP contribution in [0.5, 0.6) is 0 Å². The Morgan fingerprint density at radius 3 is 2.60 bits per heavy atom. The van der Waals surface area contributed by atoms with Gasteiger partial charge >= 0.3 is 6.18 Å². The second-order valence-electron chi connectivity index (χ2n) is 2.97. The average molecular weight is 227 g/mol. The fourth-order valence-corrected chi connectivity index (χ4v) is 2.16. The maximum absolute atomic E-state index is 12.4. The molecule has 0 atom stereocenters. The highest BCUT2D eigenvalue weighted by Crippen LogP contribution is 2.34. The Labute approximate surface area is 87.4 Å². The normalized spacial score (nSPS) is 11.6. The van der Waals surface area contributed by atoms with Crippen molar-refractivity contribution in [1.82, 2.24) is 0 Å². The molecule has 0 amide bonds. The Hall–Kier alpha value is -1.54. The molecule has 0 aliphatic carbocycles. The topological polar surface area (TPSA) is 23.8 Å². The van der Waals surface area contributed by atoms with Gasteiger partial charge in [-0.15, -0.1) is 11.3 Å². The van der Waals surface area contributed by atoms with Gasteiger partial charge in [0.1, 0.15) is 6.07 Å². The van der Waals surface area contributed by atoms with Crippen molar-refractivity contribution in [3.63, 3.8) is 0 Å². The van der Waals surface area contributed by atoms with Gasteiger partial charge in [-0.1, -0.05) is 0 Å². The molecular weight excluding hydrogens is 223 g/mol. The molecule has 0 bridgehead atoms. The van der Waals surface area contributed by atoms with Crippen LogP contribution in [0.4, 0.5) is 13.2 Å². The Morgan fingerprint density at radius 2 is 2.00 bits per heavy atom. The number of alkyl halides is 3. The predicted octanol–water partition coefficient (Wildman–Crippen LogP) is 3.79. The highest BCUT2D eigenvalue weighted by molar-refractivity contribution is 7.17. The van der Waals surface area contributed by atoms with Crippen LogP contribution in [0, 0.1) is 11.3 Å². The third kappa shape index (κ3) is 1.68. The summed E-state index contributed by atoms with van der Waals surface area (Å²) in [5.41, 5.74) is -0.425. The van der Waals surface area contributed by atoms with E-state index >= 15 is 0 Å². The van der Waals surface area contributed by atoms with Crippen molar-refractivity contribution in [3.8, 4) is 6.07 Å². The minimum absolute atomic E-state index is 0.293. The minimum atomic E-state index is -4.36. The van der Waals surface area contributed by atoms with Crippen molar-refractivity contribution in [2.45, 2.75) is 6.18 Å². The summed E-state index contributed by atoms with van der Waals surface area (Å²) in [6.07, 6.45) is -4.36. The fraction of sp³-hybridized carbons (Fsp3) is 0.100. The maximum Gasteiger partial charge on any atom is 0.416 e. The molecule has 0 saturated heterocycles. The molecule has 1 nitrogen and oxygen atoms in total. The van der Waals surface area contributed by atoms with Gasteiger partial charge < -0.3 is 0 Å². The fourth-order valence-electron chi connectivity index (χ4n) is 1.29. The zero-order valence-electron chi connectivity index (χ0n) is 7.30. The Balaban J connectivity index is 2.69. The molecule has 0 spiro atoms. The summed E-state index contributed by atoms with van der Waals surface area (Å²) < 4.78 is 37.8. The van der Waals surface area contributed by atoms with Crippen molar-refractivity contribution in [1.29, 1.82) is 5.26 Å². The number of benzene rings is 1. The molecule has 15 heavy (non-hydrogen) atoms. The Kier molecular flexibility index (Phi) is 2.16. The lowest BCUT2D eigenvalue weighted by Gasteiger charge is -2.05.